The highest BCUT2D eigenvalue weighted by atomic mass is 19.1. The van der Waals surface area contributed by atoms with E-state index in [9.17, 15) is 9.18 Å². The van der Waals surface area contributed by atoms with Crippen molar-refractivity contribution in [1.82, 2.24) is 10.1 Å². The van der Waals surface area contributed by atoms with Gasteiger partial charge in [-0.2, -0.15) is 4.98 Å². The minimum atomic E-state index is -0.429. The van der Waals surface area contributed by atoms with Crippen molar-refractivity contribution in [3.63, 3.8) is 0 Å². The molecule has 8 heteroatoms. The predicted molar refractivity (Wildman–Crippen MR) is 98.9 cm³/mol. The summed E-state index contributed by atoms with van der Waals surface area (Å²) in [6.45, 7) is 0.362. The molecule has 2 heterocycles. The lowest BCUT2D eigenvalue weighted by atomic mass is 10.1. The fraction of sp³-hybridized carbons (Fsp3) is 0.250. The summed E-state index contributed by atoms with van der Waals surface area (Å²) < 4.78 is 29.9. The van der Waals surface area contributed by atoms with E-state index >= 15 is 0 Å². The monoisotopic (exact) mass is 383 g/mol. The number of amides is 1. The van der Waals surface area contributed by atoms with Crippen LogP contribution in [0.25, 0.3) is 11.4 Å². The van der Waals surface area contributed by atoms with E-state index in [1.807, 2.05) is 0 Å². The van der Waals surface area contributed by atoms with E-state index in [4.69, 9.17) is 14.0 Å². The van der Waals surface area contributed by atoms with Crippen molar-refractivity contribution < 1.29 is 23.2 Å². The van der Waals surface area contributed by atoms with Gasteiger partial charge in [-0.15, -0.1) is 0 Å². The molecule has 144 valence electrons. The summed E-state index contributed by atoms with van der Waals surface area (Å²) in [7, 11) is 3.10. The fourth-order valence-corrected chi connectivity index (χ4v) is 3.27. The standard InChI is InChI=1S/C20H18FN3O4/c1-26-13-7-8-16(17(10-13)27-2)24-11-12(9-18(24)25)20-22-19(23-28-20)14-5-3-4-6-15(14)21/h3-8,10,12H,9,11H2,1-2H3. The SMILES string of the molecule is COc1ccc(N2CC(c3nc(-c4ccccc4F)no3)CC2=O)c(OC)c1. The highest BCUT2D eigenvalue weighted by Gasteiger charge is 2.36. The molecular formula is C20H18FN3O4. The molecule has 1 amide bonds. The first-order valence-electron chi connectivity index (χ1n) is 8.71. The summed E-state index contributed by atoms with van der Waals surface area (Å²) in [5.41, 5.74) is 0.903. The van der Waals surface area contributed by atoms with Gasteiger partial charge in [0.2, 0.25) is 17.6 Å². The van der Waals surface area contributed by atoms with Gasteiger partial charge >= 0.3 is 0 Å². The van der Waals surface area contributed by atoms with Crippen LogP contribution in [0.5, 0.6) is 11.5 Å². The Labute approximate surface area is 160 Å². The van der Waals surface area contributed by atoms with Gasteiger partial charge in [0.05, 0.1) is 31.4 Å². The number of halogens is 1. The maximum atomic E-state index is 13.9. The van der Waals surface area contributed by atoms with Crippen LogP contribution in [0.4, 0.5) is 10.1 Å². The molecule has 1 fully saturated rings. The second kappa shape index (κ2) is 7.30. The molecule has 1 aliphatic rings. The molecule has 0 radical (unpaired) electrons. The van der Waals surface area contributed by atoms with Gasteiger partial charge in [0.25, 0.3) is 0 Å². The van der Waals surface area contributed by atoms with Crippen molar-refractivity contribution in [3.05, 3.63) is 54.2 Å². The Balaban J connectivity index is 1.59. The number of methoxy groups -OCH3 is 2. The zero-order valence-corrected chi connectivity index (χ0v) is 15.4. The number of hydrogen-bond acceptors (Lipinski definition) is 6. The van der Waals surface area contributed by atoms with Crippen LogP contribution in [0.15, 0.2) is 47.0 Å². The third-order valence-corrected chi connectivity index (χ3v) is 4.71. The van der Waals surface area contributed by atoms with Crippen molar-refractivity contribution >= 4 is 11.6 Å². The van der Waals surface area contributed by atoms with Gasteiger partial charge in [0.15, 0.2) is 0 Å². The Morgan fingerprint density at radius 2 is 2.00 bits per heavy atom. The van der Waals surface area contributed by atoms with Gasteiger partial charge in [0.1, 0.15) is 17.3 Å². The normalized spacial score (nSPS) is 16.5. The van der Waals surface area contributed by atoms with E-state index in [0.717, 1.165) is 0 Å². The zero-order chi connectivity index (χ0) is 19.7. The Bertz CT molecular complexity index is 1020. The maximum absolute atomic E-state index is 13.9. The summed E-state index contributed by atoms with van der Waals surface area (Å²) in [5, 5.41) is 3.87. The summed E-state index contributed by atoms with van der Waals surface area (Å²) in [6.07, 6.45) is 0.216. The van der Waals surface area contributed by atoms with E-state index in [2.05, 4.69) is 10.1 Å². The Morgan fingerprint density at radius 1 is 1.18 bits per heavy atom. The Hall–Kier alpha value is -3.42. The molecule has 4 rings (SSSR count). The molecule has 3 aromatic rings. The Morgan fingerprint density at radius 3 is 2.75 bits per heavy atom. The molecule has 0 bridgehead atoms. The lowest BCUT2D eigenvalue weighted by molar-refractivity contribution is -0.117. The molecule has 1 aromatic heterocycles. The molecule has 0 N–H and O–H groups in total. The zero-order valence-electron chi connectivity index (χ0n) is 15.4. The summed E-state index contributed by atoms with van der Waals surface area (Å²) >= 11 is 0. The van der Waals surface area contributed by atoms with E-state index in [1.165, 1.54) is 13.2 Å². The van der Waals surface area contributed by atoms with E-state index < -0.39 is 5.82 Å². The number of hydrogen-bond donors (Lipinski definition) is 0. The van der Waals surface area contributed by atoms with Crippen molar-refractivity contribution in [2.75, 3.05) is 25.7 Å². The summed E-state index contributed by atoms with van der Waals surface area (Å²) in [6, 6.07) is 11.5. The van der Waals surface area contributed by atoms with Crippen LogP contribution < -0.4 is 14.4 Å². The highest BCUT2D eigenvalue weighted by molar-refractivity contribution is 5.97. The van der Waals surface area contributed by atoms with Crippen molar-refractivity contribution in [2.24, 2.45) is 0 Å². The third-order valence-electron chi connectivity index (χ3n) is 4.71. The van der Waals surface area contributed by atoms with Crippen LogP contribution in [0, 0.1) is 5.82 Å². The number of aromatic nitrogens is 2. The predicted octanol–water partition coefficient (Wildman–Crippen LogP) is 3.41. The molecule has 1 unspecified atom stereocenters. The minimum absolute atomic E-state index is 0.0842. The summed E-state index contributed by atoms with van der Waals surface area (Å²) in [5.74, 6) is 0.845. The average molecular weight is 383 g/mol. The van der Waals surface area contributed by atoms with Crippen LogP contribution in [-0.2, 0) is 4.79 Å². The van der Waals surface area contributed by atoms with E-state index in [1.54, 1.807) is 48.4 Å². The van der Waals surface area contributed by atoms with E-state index in [0.29, 0.717) is 29.6 Å². The molecule has 1 atom stereocenters. The first kappa shape index (κ1) is 18.0. The minimum Gasteiger partial charge on any atom is -0.497 e. The van der Waals surface area contributed by atoms with E-state index in [-0.39, 0.29) is 29.6 Å². The van der Waals surface area contributed by atoms with Gasteiger partial charge in [0, 0.05) is 19.0 Å². The second-order valence-corrected chi connectivity index (χ2v) is 6.38. The largest absolute Gasteiger partial charge is 0.497 e. The number of rotatable bonds is 5. The molecule has 1 aliphatic heterocycles. The smallest absolute Gasteiger partial charge is 0.232 e. The number of anilines is 1. The lowest BCUT2D eigenvalue weighted by Crippen LogP contribution is -2.24. The molecule has 0 saturated carbocycles. The van der Waals surface area contributed by atoms with Crippen LogP contribution in [0.3, 0.4) is 0 Å². The second-order valence-electron chi connectivity index (χ2n) is 6.38. The first-order chi connectivity index (χ1) is 13.6. The number of benzene rings is 2. The Kier molecular flexibility index (Phi) is 4.68. The molecule has 0 aliphatic carbocycles. The number of nitrogens with zero attached hydrogens (tertiary/aromatic N) is 3. The van der Waals surface area contributed by atoms with Gasteiger partial charge in [-0.1, -0.05) is 17.3 Å². The molecule has 7 nitrogen and oxygen atoms in total. The number of ether oxygens (including phenoxy) is 2. The first-order valence-corrected chi connectivity index (χ1v) is 8.71. The topological polar surface area (TPSA) is 77.7 Å². The van der Waals surface area contributed by atoms with Gasteiger partial charge in [-0.3, -0.25) is 4.79 Å². The molecule has 2 aromatic carbocycles. The number of carbonyl (C=O) groups is 1. The van der Waals surface area contributed by atoms with Crippen molar-refractivity contribution in [2.45, 2.75) is 12.3 Å². The fourth-order valence-electron chi connectivity index (χ4n) is 3.27. The van der Waals surface area contributed by atoms with Crippen LogP contribution in [0.2, 0.25) is 0 Å². The highest BCUT2D eigenvalue weighted by Crippen LogP contribution is 2.38. The average Bonchev–Trinajstić information content (AvgIpc) is 3.34. The maximum Gasteiger partial charge on any atom is 0.232 e. The van der Waals surface area contributed by atoms with Gasteiger partial charge in [-0.05, 0) is 24.3 Å². The third kappa shape index (κ3) is 3.17. The van der Waals surface area contributed by atoms with Crippen molar-refractivity contribution in [3.8, 4) is 22.9 Å². The molecular weight excluding hydrogens is 365 g/mol. The lowest BCUT2D eigenvalue weighted by Gasteiger charge is -2.19. The van der Waals surface area contributed by atoms with Crippen LogP contribution in [-0.4, -0.2) is 36.8 Å². The van der Waals surface area contributed by atoms with Gasteiger partial charge < -0.3 is 18.9 Å². The van der Waals surface area contributed by atoms with Crippen molar-refractivity contribution in [1.29, 1.82) is 0 Å². The van der Waals surface area contributed by atoms with Crippen LogP contribution in [0.1, 0.15) is 18.2 Å². The molecule has 0 spiro atoms. The number of carbonyl (C=O) groups excluding carboxylic acids is 1. The van der Waals surface area contributed by atoms with Gasteiger partial charge in [-0.25, -0.2) is 4.39 Å². The summed E-state index contributed by atoms with van der Waals surface area (Å²) in [4.78, 5) is 18.5. The van der Waals surface area contributed by atoms with Crippen LogP contribution >= 0.6 is 0 Å². The quantitative estimate of drug-likeness (QED) is 0.672. The molecule has 28 heavy (non-hydrogen) atoms. The molecule has 1 saturated heterocycles.